The van der Waals surface area contributed by atoms with Gasteiger partial charge < -0.3 is 0 Å². The largest absolute Gasteiger partial charge is 0.300 e. The van der Waals surface area contributed by atoms with Crippen LogP contribution >= 0.6 is 0 Å². The normalized spacial score (nSPS) is 11.1. The fraction of sp³-hybridized carbons (Fsp3) is 0.231. The van der Waals surface area contributed by atoms with Crippen LogP contribution in [-0.4, -0.2) is 12.1 Å². The zero-order valence-corrected chi connectivity index (χ0v) is 8.77. The molecule has 0 saturated carbocycles. The molecular weight excluding hydrogens is 188 g/mol. The van der Waals surface area contributed by atoms with Crippen molar-refractivity contribution in [2.75, 3.05) is 0 Å². The molecule has 0 amide bonds. The Kier molecular flexibility index (Phi) is 4.48. The summed E-state index contributed by atoms with van der Waals surface area (Å²) in [4.78, 5) is 21.5. The van der Waals surface area contributed by atoms with Crippen molar-refractivity contribution >= 4 is 12.1 Å². The third-order valence-electron chi connectivity index (χ3n) is 2.05. The maximum atomic E-state index is 10.8. The van der Waals surface area contributed by atoms with E-state index in [0.717, 1.165) is 11.8 Å². The van der Waals surface area contributed by atoms with Crippen LogP contribution < -0.4 is 0 Å². The first-order valence-electron chi connectivity index (χ1n) is 4.90. The Bertz CT molecular complexity index is 363. The Balaban J connectivity index is 2.62. The minimum atomic E-state index is 0.0152. The lowest BCUT2D eigenvalue weighted by atomic mass is 10.1. The summed E-state index contributed by atoms with van der Waals surface area (Å²) in [7, 11) is 0. The molecule has 1 aromatic carbocycles. The van der Waals surface area contributed by atoms with Gasteiger partial charge in [0, 0.05) is 6.42 Å². The second kappa shape index (κ2) is 5.91. The van der Waals surface area contributed by atoms with Crippen molar-refractivity contribution in [3.63, 3.8) is 0 Å². The van der Waals surface area contributed by atoms with E-state index in [-0.39, 0.29) is 12.2 Å². The summed E-state index contributed by atoms with van der Waals surface area (Å²) < 4.78 is 0. The standard InChI is InChI=1S/C13H14O2/c1-11(15)9-13(10-14)8-7-12-5-3-2-4-6-12/h2-6,8,10H,7,9H2,1H3/b13-8+. The van der Waals surface area contributed by atoms with Gasteiger partial charge in [0.2, 0.25) is 0 Å². The first-order valence-corrected chi connectivity index (χ1v) is 4.90. The first-order chi connectivity index (χ1) is 7.22. The number of hydrogen-bond donors (Lipinski definition) is 0. The Morgan fingerprint density at radius 1 is 1.27 bits per heavy atom. The fourth-order valence-electron chi connectivity index (χ4n) is 1.31. The van der Waals surface area contributed by atoms with Gasteiger partial charge >= 0.3 is 0 Å². The van der Waals surface area contributed by atoms with Crippen LogP contribution in [0.2, 0.25) is 0 Å². The molecule has 2 nitrogen and oxygen atoms in total. The Labute approximate surface area is 89.6 Å². The molecule has 0 atom stereocenters. The number of carbonyl (C=O) groups excluding carboxylic acids is 2. The molecule has 0 aliphatic rings. The molecule has 0 radical (unpaired) electrons. The van der Waals surface area contributed by atoms with Crippen LogP contribution in [0.5, 0.6) is 0 Å². The van der Waals surface area contributed by atoms with Crippen molar-refractivity contribution in [3.8, 4) is 0 Å². The number of benzene rings is 1. The molecule has 0 unspecified atom stereocenters. The molecular formula is C13H14O2. The quantitative estimate of drug-likeness (QED) is 0.542. The minimum Gasteiger partial charge on any atom is -0.300 e. The maximum Gasteiger partial charge on any atom is 0.146 e. The number of hydrogen-bond acceptors (Lipinski definition) is 2. The summed E-state index contributed by atoms with van der Waals surface area (Å²) >= 11 is 0. The molecule has 0 heterocycles. The van der Waals surface area contributed by atoms with Gasteiger partial charge in [-0.15, -0.1) is 0 Å². The van der Waals surface area contributed by atoms with Crippen molar-refractivity contribution in [1.82, 2.24) is 0 Å². The van der Waals surface area contributed by atoms with Gasteiger partial charge in [-0.3, -0.25) is 9.59 Å². The molecule has 78 valence electrons. The van der Waals surface area contributed by atoms with E-state index in [1.54, 1.807) is 0 Å². The van der Waals surface area contributed by atoms with E-state index in [9.17, 15) is 9.59 Å². The molecule has 1 aromatic rings. The van der Waals surface area contributed by atoms with E-state index in [4.69, 9.17) is 0 Å². The van der Waals surface area contributed by atoms with Crippen molar-refractivity contribution in [2.24, 2.45) is 0 Å². The SMILES string of the molecule is CC(=O)C/C(C=O)=C\Cc1ccccc1. The van der Waals surface area contributed by atoms with Gasteiger partial charge in [-0.1, -0.05) is 36.4 Å². The van der Waals surface area contributed by atoms with Crippen molar-refractivity contribution in [1.29, 1.82) is 0 Å². The summed E-state index contributed by atoms with van der Waals surface area (Å²) in [6.07, 6.45) is 3.49. The second-order valence-corrected chi connectivity index (χ2v) is 3.47. The van der Waals surface area contributed by atoms with Crippen LogP contribution in [0.15, 0.2) is 42.0 Å². The van der Waals surface area contributed by atoms with E-state index < -0.39 is 0 Å². The summed E-state index contributed by atoms with van der Waals surface area (Å²) in [5.74, 6) is 0.0152. The third kappa shape index (κ3) is 4.36. The second-order valence-electron chi connectivity index (χ2n) is 3.47. The maximum absolute atomic E-state index is 10.8. The Morgan fingerprint density at radius 2 is 1.93 bits per heavy atom. The summed E-state index contributed by atoms with van der Waals surface area (Å²) in [5, 5.41) is 0. The van der Waals surface area contributed by atoms with E-state index >= 15 is 0 Å². The molecule has 15 heavy (non-hydrogen) atoms. The summed E-state index contributed by atoms with van der Waals surface area (Å²) in [5.41, 5.74) is 1.70. The zero-order valence-electron chi connectivity index (χ0n) is 8.77. The first kappa shape index (κ1) is 11.4. The van der Waals surface area contributed by atoms with Gasteiger partial charge in [0.1, 0.15) is 12.1 Å². The highest BCUT2D eigenvalue weighted by Gasteiger charge is 1.99. The summed E-state index contributed by atoms with van der Waals surface area (Å²) in [6, 6.07) is 9.84. The minimum absolute atomic E-state index is 0.0152. The van der Waals surface area contributed by atoms with Crippen LogP contribution in [0.3, 0.4) is 0 Å². The molecule has 0 spiro atoms. The lowest BCUT2D eigenvalue weighted by molar-refractivity contribution is -0.117. The monoisotopic (exact) mass is 202 g/mol. The Morgan fingerprint density at radius 3 is 2.47 bits per heavy atom. The lowest BCUT2D eigenvalue weighted by Crippen LogP contribution is -1.95. The van der Waals surface area contributed by atoms with Crippen LogP contribution in [0.25, 0.3) is 0 Å². The van der Waals surface area contributed by atoms with Gasteiger partial charge in [-0.05, 0) is 24.5 Å². The average Bonchev–Trinajstić information content (AvgIpc) is 2.25. The van der Waals surface area contributed by atoms with Crippen molar-refractivity contribution in [2.45, 2.75) is 19.8 Å². The lowest BCUT2D eigenvalue weighted by Gasteiger charge is -1.97. The van der Waals surface area contributed by atoms with Gasteiger partial charge in [0.15, 0.2) is 0 Å². The number of carbonyl (C=O) groups is 2. The van der Waals surface area contributed by atoms with E-state index in [2.05, 4.69) is 0 Å². The highest BCUT2D eigenvalue weighted by Crippen LogP contribution is 2.05. The predicted molar refractivity (Wildman–Crippen MR) is 59.6 cm³/mol. The zero-order chi connectivity index (χ0) is 11.1. The van der Waals surface area contributed by atoms with E-state index in [1.165, 1.54) is 6.92 Å². The molecule has 2 heteroatoms. The Hall–Kier alpha value is -1.70. The van der Waals surface area contributed by atoms with Crippen molar-refractivity contribution in [3.05, 3.63) is 47.5 Å². The third-order valence-corrected chi connectivity index (χ3v) is 2.05. The molecule has 0 aromatic heterocycles. The number of Topliss-reactive ketones (excluding diaryl/α,β-unsaturated/α-hetero) is 1. The molecule has 0 bridgehead atoms. The molecule has 0 aliphatic carbocycles. The summed E-state index contributed by atoms with van der Waals surface area (Å²) in [6.45, 7) is 1.49. The fourth-order valence-corrected chi connectivity index (χ4v) is 1.31. The van der Waals surface area contributed by atoms with Crippen LogP contribution in [0.4, 0.5) is 0 Å². The number of ketones is 1. The molecule has 0 aliphatic heterocycles. The smallest absolute Gasteiger partial charge is 0.146 e. The van der Waals surface area contributed by atoms with Gasteiger partial charge in [-0.25, -0.2) is 0 Å². The molecule has 0 saturated heterocycles. The van der Waals surface area contributed by atoms with Gasteiger partial charge in [0.25, 0.3) is 0 Å². The highest BCUT2D eigenvalue weighted by atomic mass is 16.1. The van der Waals surface area contributed by atoms with E-state index in [1.807, 2.05) is 36.4 Å². The number of rotatable bonds is 5. The average molecular weight is 202 g/mol. The number of allylic oxidation sites excluding steroid dienone is 2. The molecule has 1 rings (SSSR count). The topological polar surface area (TPSA) is 34.1 Å². The molecule has 0 N–H and O–H groups in total. The number of aldehydes is 1. The van der Waals surface area contributed by atoms with Gasteiger partial charge in [0.05, 0.1) is 0 Å². The highest BCUT2D eigenvalue weighted by molar-refractivity contribution is 5.87. The van der Waals surface area contributed by atoms with Crippen LogP contribution in [0, 0.1) is 0 Å². The van der Waals surface area contributed by atoms with E-state index in [0.29, 0.717) is 12.0 Å². The van der Waals surface area contributed by atoms with Crippen molar-refractivity contribution < 1.29 is 9.59 Å². The predicted octanol–water partition coefficient (Wildman–Crippen LogP) is 2.33. The van der Waals surface area contributed by atoms with Gasteiger partial charge in [-0.2, -0.15) is 0 Å². The molecule has 0 fully saturated rings. The van der Waals surface area contributed by atoms with Crippen LogP contribution in [-0.2, 0) is 16.0 Å². The van der Waals surface area contributed by atoms with Crippen LogP contribution in [0.1, 0.15) is 18.9 Å².